The molecule has 0 aliphatic heterocycles. The van der Waals surface area contributed by atoms with E-state index in [9.17, 15) is 4.79 Å². The van der Waals surface area contributed by atoms with E-state index in [0.29, 0.717) is 0 Å². The fraction of sp³-hybridized carbons (Fsp3) is 0.364. The van der Waals surface area contributed by atoms with Crippen molar-refractivity contribution in [3.8, 4) is 0 Å². The van der Waals surface area contributed by atoms with Gasteiger partial charge in [0, 0.05) is 31.7 Å². The summed E-state index contributed by atoms with van der Waals surface area (Å²) in [5.74, 6) is -0.802. The summed E-state index contributed by atoms with van der Waals surface area (Å²) >= 11 is 1.24. The van der Waals surface area contributed by atoms with Crippen molar-refractivity contribution in [1.29, 1.82) is 0 Å². The van der Waals surface area contributed by atoms with Crippen LogP contribution in [0, 0.1) is 6.92 Å². The van der Waals surface area contributed by atoms with Gasteiger partial charge in [-0.3, -0.25) is 4.79 Å². The van der Waals surface area contributed by atoms with E-state index in [-0.39, 0.29) is 5.75 Å². The van der Waals surface area contributed by atoms with Gasteiger partial charge in [-0.05, 0) is 6.92 Å². The summed E-state index contributed by atoms with van der Waals surface area (Å²) in [7, 11) is 0. The lowest BCUT2D eigenvalue weighted by atomic mass is 10.5. The third-order valence-corrected chi connectivity index (χ3v) is 3.32. The fourth-order valence-electron chi connectivity index (χ4n) is 1.57. The van der Waals surface area contributed by atoms with E-state index in [1.165, 1.54) is 11.8 Å². The minimum atomic E-state index is -0.832. The van der Waals surface area contributed by atoms with Crippen molar-refractivity contribution in [2.45, 2.75) is 25.2 Å². The monoisotopic (exact) mass is 266 g/mol. The largest absolute Gasteiger partial charge is 0.481 e. The van der Waals surface area contributed by atoms with Crippen molar-refractivity contribution >= 4 is 17.7 Å². The third kappa shape index (κ3) is 3.36. The van der Waals surface area contributed by atoms with E-state index in [4.69, 9.17) is 5.11 Å². The maximum atomic E-state index is 10.6. The van der Waals surface area contributed by atoms with Crippen molar-refractivity contribution in [3.05, 3.63) is 30.6 Å². The minimum absolute atomic E-state index is 0.0293. The highest BCUT2D eigenvalue weighted by Gasteiger charge is 2.08. The van der Waals surface area contributed by atoms with Gasteiger partial charge in [0.1, 0.15) is 0 Å². The van der Waals surface area contributed by atoms with Crippen molar-refractivity contribution in [1.82, 2.24) is 19.1 Å². The molecule has 0 aliphatic rings. The first-order valence-electron chi connectivity index (χ1n) is 5.49. The average molecular weight is 266 g/mol. The molecule has 0 spiro atoms. The zero-order chi connectivity index (χ0) is 13.0. The molecule has 2 aromatic rings. The van der Waals surface area contributed by atoms with Gasteiger partial charge in [-0.25, -0.2) is 9.97 Å². The van der Waals surface area contributed by atoms with Gasteiger partial charge >= 0.3 is 5.97 Å². The Morgan fingerprint density at radius 2 is 2.33 bits per heavy atom. The second-order valence-electron chi connectivity index (χ2n) is 3.84. The van der Waals surface area contributed by atoms with Crippen LogP contribution in [-0.2, 0) is 17.9 Å². The number of aryl methyl sites for hydroxylation is 3. The highest BCUT2D eigenvalue weighted by molar-refractivity contribution is 7.99. The Hall–Kier alpha value is -1.76. The molecule has 0 atom stereocenters. The molecular weight excluding hydrogens is 252 g/mol. The van der Waals surface area contributed by atoms with Gasteiger partial charge in [-0.15, -0.1) is 0 Å². The summed E-state index contributed by atoms with van der Waals surface area (Å²) in [6.45, 7) is 3.44. The molecule has 7 heteroatoms. The summed E-state index contributed by atoms with van der Waals surface area (Å²) < 4.78 is 3.95. The highest BCUT2D eigenvalue weighted by Crippen LogP contribution is 2.17. The normalized spacial score (nSPS) is 10.7. The molecule has 0 unspecified atom stereocenters. The van der Waals surface area contributed by atoms with E-state index in [1.807, 2.05) is 28.5 Å². The van der Waals surface area contributed by atoms with Crippen molar-refractivity contribution < 1.29 is 9.90 Å². The Morgan fingerprint density at radius 3 is 3.00 bits per heavy atom. The van der Waals surface area contributed by atoms with Gasteiger partial charge in [0.2, 0.25) is 0 Å². The number of aliphatic carboxylic acids is 1. The fourth-order valence-corrected chi connectivity index (χ4v) is 2.34. The SMILES string of the molecule is Cc1cn(CCn2ccnc2)c(SCC(=O)O)n1. The molecular formula is C11H14N4O2S. The predicted octanol–water partition coefficient (Wildman–Crippen LogP) is 1.26. The Balaban J connectivity index is 2.00. The number of hydrogen-bond acceptors (Lipinski definition) is 4. The van der Waals surface area contributed by atoms with Crippen LogP contribution < -0.4 is 0 Å². The first-order chi connectivity index (χ1) is 8.65. The Bertz CT molecular complexity index is 521. The van der Waals surface area contributed by atoms with Crippen molar-refractivity contribution in [3.63, 3.8) is 0 Å². The molecule has 1 N–H and O–H groups in total. The number of aromatic nitrogens is 4. The Morgan fingerprint density at radius 1 is 1.50 bits per heavy atom. The van der Waals surface area contributed by atoms with Crippen LogP contribution in [-0.4, -0.2) is 35.9 Å². The topological polar surface area (TPSA) is 72.9 Å². The van der Waals surface area contributed by atoms with Gasteiger partial charge in [0.25, 0.3) is 0 Å². The number of carboxylic acid groups (broad SMARTS) is 1. The maximum Gasteiger partial charge on any atom is 0.313 e. The van der Waals surface area contributed by atoms with Gasteiger partial charge in [0.05, 0.1) is 17.8 Å². The summed E-state index contributed by atoms with van der Waals surface area (Å²) in [6, 6.07) is 0. The van der Waals surface area contributed by atoms with Gasteiger partial charge < -0.3 is 14.2 Å². The van der Waals surface area contributed by atoms with Crippen LogP contribution in [0.15, 0.2) is 30.1 Å². The number of thioether (sulfide) groups is 1. The lowest BCUT2D eigenvalue weighted by Gasteiger charge is -2.06. The Labute approximate surface area is 109 Å². The first-order valence-corrected chi connectivity index (χ1v) is 6.48. The first kappa shape index (κ1) is 12.7. The van der Waals surface area contributed by atoms with Crippen LogP contribution in [0.3, 0.4) is 0 Å². The second-order valence-corrected chi connectivity index (χ2v) is 4.78. The zero-order valence-electron chi connectivity index (χ0n) is 9.98. The lowest BCUT2D eigenvalue weighted by molar-refractivity contribution is -0.133. The average Bonchev–Trinajstić information content (AvgIpc) is 2.92. The summed E-state index contributed by atoms with van der Waals surface area (Å²) in [4.78, 5) is 18.9. The van der Waals surface area contributed by atoms with Crippen LogP contribution in [0.4, 0.5) is 0 Å². The highest BCUT2D eigenvalue weighted by atomic mass is 32.2. The van der Waals surface area contributed by atoms with Crippen LogP contribution in [0.2, 0.25) is 0 Å². The molecule has 0 amide bonds. The van der Waals surface area contributed by atoms with Gasteiger partial charge in [0.15, 0.2) is 5.16 Å². The molecule has 2 rings (SSSR count). The van der Waals surface area contributed by atoms with Crippen LogP contribution >= 0.6 is 11.8 Å². The maximum absolute atomic E-state index is 10.6. The molecule has 0 aliphatic carbocycles. The number of hydrogen-bond donors (Lipinski definition) is 1. The summed E-state index contributed by atoms with van der Waals surface area (Å²) in [5.41, 5.74) is 0.897. The predicted molar refractivity (Wildman–Crippen MR) is 67.6 cm³/mol. The van der Waals surface area contributed by atoms with Crippen LogP contribution in [0.5, 0.6) is 0 Å². The van der Waals surface area contributed by atoms with Crippen molar-refractivity contribution in [2.24, 2.45) is 0 Å². The van der Waals surface area contributed by atoms with E-state index < -0.39 is 5.97 Å². The summed E-state index contributed by atoms with van der Waals surface area (Å²) in [5, 5.41) is 9.43. The minimum Gasteiger partial charge on any atom is -0.481 e. The van der Waals surface area contributed by atoms with E-state index >= 15 is 0 Å². The van der Waals surface area contributed by atoms with E-state index in [0.717, 1.165) is 23.9 Å². The molecule has 2 aromatic heterocycles. The van der Waals surface area contributed by atoms with E-state index in [2.05, 4.69) is 9.97 Å². The smallest absolute Gasteiger partial charge is 0.313 e. The number of nitrogens with zero attached hydrogens (tertiary/aromatic N) is 4. The Kier molecular flexibility index (Phi) is 4.03. The molecule has 0 fully saturated rings. The van der Waals surface area contributed by atoms with Crippen LogP contribution in [0.1, 0.15) is 5.69 Å². The molecule has 18 heavy (non-hydrogen) atoms. The summed E-state index contributed by atoms with van der Waals surface area (Å²) in [6.07, 6.45) is 7.32. The number of carboxylic acids is 1. The standard InChI is InChI=1S/C11H14N4O2S/c1-9-6-15(5-4-14-3-2-12-8-14)11(13-9)18-7-10(16)17/h2-3,6,8H,4-5,7H2,1H3,(H,16,17). The van der Waals surface area contributed by atoms with E-state index in [1.54, 1.807) is 12.5 Å². The molecule has 96 valence electrons. The molecule has 6 nitrogen and oxygen atoms in total. The quantitative estimate of drug-likeness (QED) is 0.797. The number of rotatable bonds is 6. The number of imidazole rings is 2. The second kappa shape index (κ2) is 5.72. The number of carbonyl (C=O) groups is 1. The third-order valence-electron chi connectivity index (χ3n) is 2.34. The molecule has 0 radical (unpaired) electrons. The van der Waals surface area contributed by atoms with Crippen LogP contribution in [0.25, 0.3) is 0 Å². The molecule has 0 aromatic carbocycles. The van der Waals surface area contributed by atoms with Crippen molar-refractivity contribution in [2.75, 3.05) is 5.75 Å². The van der Waals surface area contributed by atoms with Gasteiger partial charge in [-0.2, -0.15) is 0 Å². The molecule has 2 heterocycles. The lowest BCUT2D eigenvalue weighted by Crippen LogP contribution is -2.07. The van der Waals surface area contributed by atoms with Gasteiger partial charge in [-0.1, -0.05) is 11.8 Å². The molecule has 0 saturated heterocycles. The molecule has 0 saturated carbocycles. The molecule has 0 bridgehead atoms. The zero-order valence-corrected chi connectivity index (χ0v) is 10.8.